The lowest BCUT2D eigenvalue weighted by atomic mass is 10.1. The third kappa shape index (κ3) is 4.54. The number of piperazine rings is 1. The molecule has 0 atom stereocenters. The van der Waals surface area contributed by atoms with Gasteiger partial charge in [0.15, 0.2) is 0 Å². The van der Waals surface area contributed by atoms with E-state index in [2.05, 4.69) is 0 Å². The fraction of sp³-hybridized carbons (Fsp3) is 0.316. The molecule has 9 nitrogen and oxygen atoms in total. The summed E-state index contributed by atoms with van der Waals surface area (Å²) in [5, 5.41) is 10.9. The lowest BCUT2D eigenvalue weighted by molar-refractivity contribution is -0.384. The van der Waals surface area contributed by atoms with Gasteiger partial charge in [-0.3, -0.25) is 14.9 Å². The molecule has 3 rings (SSSR count). The van der Waals surface area contributed by atoms with E-state index >= 15 is 0 Å². The van der Waals surface area contributed by atoms with Gasteiger partial charge in [0, 0.05) is 43.9 Å². The van der Waals surface area contributed by atoms with Gasteiger partial charge in [0.2, 0.25) is 10.0 Å². The molecular weight excluding hydrogens is 398 g/mol. The van der Waals surface area contributed by atoms with Crippen molar-refractivity contribution in [3.63, 3.8) is 0 Å². The maximum Gasteiger partial charge on any atom is 0.270 e. The zero-order valence-electron chi connectivity index (χ0n) is 15.9. The Morgan fingerprint density at radius 1 is 1.10 bits per heavy atom. The summed E-state index contributed by atoms with van der Waals surface area (Å²) < 4.78 is 32.3. The summed E-state index contributed by atoms with van der Waals surface area (Å²) >= 11 is 0. The van der Waals surface area contributed by atoms with E-state index in [0.29, 0.717) is 12.4 Å². The van der Waals surface area contributed by atoms with E-state index in [-0.39, 0.29) is 48.2 Å². The second-order valence-corrected chi connectivity index (χ2v) is 8.35. The van der Waals surface area contributed by atoms with Gasteiger partial charge in [-0.25, -0.2) is 8.42 Å². The number of nitro groups is 1. The van der Waals surface area contributed by atoms with Crippen molar-refractivity contribution in [3.8, 4) is 5.75 Å². The van der Waals surface area contributed by atoms with Crippen molar-refractivity contribution in [3.05, 3.63) is 64.2 Å². The van der Waals surface area contributed by atoms with Crippen LogP contribution < -0.4 is 4.74 Å². The Hall–Kier alpha value is -2.98. The number of non-ortho nitro benzene ring substituents is 1. The predicted octanol–water partition coefficient (Wildman–Crippen LogP) is 2.14. The van der Waals surface area contributed by atoms with Gasteiger partial charge in [0.1, 0.15) is 5.75 Å². The van der Waals surface area contributed by atoms with Crippen LogP contribution in [-0.2, 0) is 10.0 Å². The summed E-state index contributed by atoms with van der Waals surface area (Å²) in [5.41, 5.74) is 0.0505. The largest absolute Gasteiger partial charge is 0.494 e. The van der Waals surface area contributed by atoms with Crippen LogP contribution in [0.15, 0.2) is 53.4 Å². The average molecular weight is 419 g/mol. The van der Waals surface area contributed by atoms with Crippen LogP contribution >= 0.6 is 0 Å². The first-order chi connectivity index (χ1) is 13.8. The van der Waals surface area contributed by atoms with E-state index in [1.54, 1.807) is 12.1 Å². The molecule has 1 heterocycles. The highest BCUT2D eigenvalue weighted by Gasteiger charge is 2.30. The molecular formula is C19H21N3O6S. The number of nitro benzene ring substituents is 1. The highest BCUT2D eigenvalue weighted by Crippen LogP contribution is 2.22. The van der Waals surface area contributed by atoms with Crippen molar-refractivity contribution in [2.45, 2.75) is 11.8 Å². The summed E-state index contributed by atoms with van der Waals surface area (Å²) in [5.74, 6) is 0.241. The molecule has 29 heavy (non-hydrogen) atoms. The Balaban J connectivity index is 1.67. The van der Waals surface area contributed by atoms with Crippen LogP contribution in [0.5, 0.6) is 5.75 Å². The topological polar surface area (TPSA) is 110 Å². The molecule has 1 fully saturated rings. The molecule has 2 aromatic rings. The molecule has 0 spiro atoms. The van der Waals surface area contributed by atoms with Gasteiger partial charge < -0.3 is 9.64 Å². The molecule has 0 unspecified atom stereocenters. The van der Waals surface area contributed by atoms with Crippen molar-refractivity contribution in [2.75, 3.05) is 32.8 Å². The first-order valence-corrected chi connectivity index (χ1v) is 10.5. The number of carbonyl (C=O) groups excluding carboxylic acids is 1. The fourth-order valence-corrected chi connectivity index (χ4v) is 4.51. The Bertz CT molecular complexity index is 999. The maximum atomic E-state index is 12.8. The summed E-state index contributed by atoms with van der Waals surface area (Å²) in [7, 11) is -3.67. The standard InChI is InChI=1S/C19H21N3O6S/c1-2-28-17-6-8-18(9-7-17)29(26,27)21-12-10-20(11-13-21)19(23)15-4-3-5-16(14-15)22(24)25/h3-9,14H,2,10-13H2,1H3. The van der Waals surface area contributed by atoms with E-state index in [1.807, 2.05) is 6.92 Å². The van der Waals surface area contributed by atoms with Crippen LogP contribution in [0.25, 0.3) is 0 Å². The molecule has 1 saturated heterocycles. The maximum absolute atomic E-state index is 12.8. The molecule has 0 N–H and O–H groups in total. The van der Waals surface area contributed by atoms with Gasteiger partial charge in [-0.05, 0) is 37.3 Å². The van der Waals surface area contributed by atoms with Gasteiger partial charge in [-0.2, -0.15) is 4.31 Å². The average Bonchev–Trinajstić information content (AvgIpc) is 2.74. The molecule has 2 aromatic carbocycles. The Morgan fingerprint density at radius 2 is 1.76 bits per heavy atom. The molecule has 0 aliphatic carbocycles. The van der Waals surface area contributed by atoms with Crippen molar-refractivity contribution in [1.29, 1.82) is 0 Å². The summed E-state index contributed by atoms with van der Waals surface area (Å²) in [6.07, 6.45) is 0. The molecule has 0 bridgehead atoms. The molecule has 154 valence electrons. The zero-order chi connectivity index (χ0) is 21.0. The van der Waals surface area contributed by atoms with E-state index in [9.17, 15) is 23.3 Å². The zero-order valence-corrected chi connectivity index (χ0v) is 16.7. The molecule has 1 aliphatic heterocycles. The SMILES string of the molecule is CCOc1ccc(S(=O)(=O)N2CCN(C(=O)c3cccc([N+](=O)[O-])c3)CC2)cc1. The summed E-state index contributed by atoms with van der Waals surface area (Å²) in [4.78, 5) is 24.6. The number of hydrogen-bond acceptors (Lipinski definition) is 6. The van der Waals surface area contributed by atoms with Gasteiger partial charge in [0.25, 0.3) is 11.6 Å². The van der Waals surface area contributed by atoms with Gasteiger partial charge in [-0.1, -0.05) is 6.07 Å². The van der Waals surface area contributed by atoms with Crippen LogP contribution in [0.3, 0.4) is 0 Å². The molecule has 0 radical (unpaired) electrons. The van der Waals surface area contributed by atoms with E-state index in [1.165, 1.54) is 45.6 Å². The Labute approximate surface area is 168 Å². The number of rotatable bonds is 6. The van der Waals surface area contributed by atoms with Crippen LogP contribution in [-0.4, -0.2) is 61.2 Å². The molecule has 0 aromatic heterocycles. The van der Waals surface area contributed by atoms with Gasteiger partial charge in [0.05, 0.1) is 16.4 Å². The van der Waals surface area contributed by atoms with Crippen molar-refractivity contribution < 1.29 is 22.9 Å². The predicted molar refractivity (Wildman–Crippen MR) is 105 cm³/mol. The van der Waals surface area contributed by atoms with Crippen molar-refractivity contribution >= 4 is 21.6 Å². The first kappa shape index (κ1) is 20.7. The Morgan fingerprint density at radius 3 is 2.34 bits per heavy atom. The monoisotopic (exact) mass is 419 g/mol. The smallest absolute Gasteiger partial charge is 0.270 e. The number of carbonyl (C=O) groups is 1. The molecule has 0 saturated carbocycles. The quantitative estimate of drug-likeness (QED) is 0.524. The highest BCUT2D eigenvalue weighted by molar-refractivity contribution is 7.89. The number of nitrogens with zero attached hydrogens (tertiary/aromatic N) is 3. The lowest BCUT2D eigenvalue weighted by Crippen LogP contribution is -2.50. The number of sulfonamides is 1. The van der Waals surface area contributed by atoms with E-state index in [4.69, 9.17) is 4.74 Å². The van der Waals surface area contributed by atoms with E-state index in [0.717, 1.165) is 0 Å². The van der Waals surface area contributed by atoms with Crippen molar-refractivity contribution in [2.24, 2.45) is 0 Å². The second-order valence-electron chi connectivity index (χ2n) is 6.41. The third-order valence-corrected chi connectivity index (χ3v) is 6.52. The van der Waals surface area contributed by atoms with Crippen LogP contribution in [0.4, 0.5) is 5.69 Å². The van der Waals surface area contributed by atoms with E-state index < -0.39 is 14.9 Å². The number of hydrogen-bond donors (Lipinski definition) is 0. The van der Waals surface area contributed by atoms with Crippen LogP contribution in [0.1, 0.15) is 17.3 Å². The molecule has 1 amide bonds. The number of benzene rings is 2. The normalized spacial score (nSPS) is 15.1. The first-order valence-electron chi connectivity index (χ1n) is 9.09. The van der Waals surface area contributed by atoms with Crippen LogP contribution in [0.2, 0.25) is 0 Å². The number of ether oxygens (including phenoxy) is 1. The summed E-state index contributed by atoms with van der Waals surface area (Å²) in [6, 6.07) is 11.7. The highest BCUT2D eigenvalue weighted by atomic mass is 32.2. The second kappa shape index (κ2) is 8.58. The van der Waals surface area contributed by atoms with Gasteiger partial charge in [-0.15, -0.1) is 0 Å². The minimum Gasteiger partial charge on any atom is -0.494 e. The molecule has 1 aliphatic rings. The van der Waals surface area contributed by atoms with Crippen molar-refractivity contribution in [1.82, 2.24) is 9.21 Å². The molecule has 10 heteroatoms. The number of amides is 1. The van der Waals surface area contributed by atoms with Gasteiger partial charge >= 0.3 is 0 Å². The summed E-state index contributed by atoms with van der Waals surface area (Å²) in [6.45, 7) is 3.05. The minimum atomic E-state index is -3.67. The lowest BCUT2D eigenvalue weighted by Gasteiger charge is -2.34. The third-order valence-electron chi connectivity index (χ3n) is 4.60. The Kier molecular flexibility index (Phi) is 6.14. The minimum absolute atomic E-state index is 0.149. The fourth-order valence-electron chi connectivity index (χ4n) is 3.09. The van der Waals surface area contributed by atoms with Crippen LogP contribution in [0, 0.1) is 10.1 Å².